The van der Waals surface area contributed by atoms with Crippen molar-refractivity contribution >= 4 is 15.9 Å². The van der Waals surface area contributed by atoms with Gasteiger partial charge in [0.2, 0.25) is 15.9 Å². The highest BCUT2D eigenvalue weighted by atomic mass is 32.2. The first-order valence-electron chi connectivity index (χ1n) is 11.8. The Morgan fingerprint density at radius 3 is 2.12 bits per heavy atom. The number of amides is 1. The van der Waals surface area contributed by atoms with Crippen LogP contribution in [0.5, 0.6) is 5.75 Å². The molecule has 2 aliphatic rings. The van der Waals surface area contributed by atoms with Gasteiger partial charge in [0, 0.05) is 31.6 Å². The topological polar surface area (TPSA) is 66.9 Å². The third-order valence-corrected chi connectivity index (χ3v) is 8.68. The van der Waals surface area contributed by atoms with E-state index in [0.717, 1.165) is 18.4 Å². The second kappa shape index (κ2) is 9.85. The first-order chi connectivity index (χ1) is 15.8. The van der Waals surface area contributed by atoms with E-state index in [9.17, 15) is 13.2 Å². The van der Waals surface area contributed by atoms with Crippen molar-refractivity contribution in [3.63, 3.8) is 0 Å². The highest BCUT2D eigenvalue weighted by Crippen LogP contribution is 2.33. The first kappa shape index (κ1) is 23.8. The van der Waals surface area contributed by atoms with Crippen LogP contribution in [0.15, 0.2) is 53.4 Å². The Hall–Kier alpha value is -2.38. The lowest BCUT2D eigenvalue weighted by molar-refractivity contribution is -0.138. The molecule has 1 aliphatic carbocycles. The Balaban J connectivity index is 1.39. The van der Waals surface area contributed by atoms with Crippen molar-refractivity contribution in [1.82, 2.24) is 9.21 Å². The average molecular weight is 471 g/mol. The summed E-state index contributed by atoms with van der Waals surface area (Å²) < 4.78 is 32.7. The van der Waals surface area contributed by atoms with Crippen LogP contribution in [0.2, 0.25) is 0 Å². The van der Waals surface area contributed by atoms with Crippen LogP contribution < -0.4 is 4.74 Å². The smallest absolute Gasteiger partial charge is 0.243 e. The van der Waals surface area contributed by atoms with E-state index in [1.807, 2.05) is 4.90 Å². The summed E-state index contributed by atoms with van der Waals surface area (Å²) >= 11 is 0. The number of carbonyl (C=O) groups is 1. The van der Waals surface area contributed by atoms with Gasteiger partial charge in [-0.05, 0) is 67.0 Å². The van der Waals surface area contributed by atoms with Crippen LogP contribution in [-0.2, 0) is 21.4 Å². The SMILES string of the molecule is COc1ccc(S(=O)(=O)N2CCC(C(=O)N(Cc3ccc(C(C)C)cc3)C3CC3)CC2)cc1. The van der Waals surface area contributed by atoms with Gasteiger partial charge in [-0.2, -0.15) is 4.31 Å². The maximum absolute atomic E-state index is 13.4. The predicted octanol–water partition coefficient (Wildman–Crippen LogP) is 4.41. The van der Waals surface area contributed by atoms with Gasteiger partial charge in [-0.15, -0.1) is 0 Å². The van der Waals surface area contributed by atoms with Crippen LogP contribution in [-0.4, -0.2) is 49.8 Å². The van der Waals surface area contributed by atoms with E-state index >= 15 is 0 Å². The summed E-state index contributed by atoms with van der Waals surface area (Å²) in [5.41, 5.74) is 2.45. The molecule has 2 aromatic carbocycles. The molecule has 2 fully saturated rings. The summed E-state index contributed by atoms with van der Waals surface area (Å²) in [5.74, 6) is 1.16. The van der Waals surface area contributed by atoms with Crippen LogP contribution >= 0.6 is 0 Å². The highest BCUT2D eigenvalue weighted by Gasteiger charge is 2.38. The van der Waals surface area contributed by atoms with Crippen molar-refractivity contribution < 1.29 is 17.9 Å². The second-order valence-electron chi connectivity index (χ2n) is 9.45. The van der Waals surface area contributed by atoms with Gasteiger partial charge in [-0.3, -0.25) is 4.79 Å². The number of hydrogen-bond acceptors (Lipinski definition) is 4. The predicted molar refractivity (Wildman–Crippen MR) is 129 cm³/mol. The Labute approximate surface area is 197 Å². The van der Waals surface area contributed by atoms with Crippen molar-refractivity contribution in [2.45, 2.75) is 62.9 Å². The lowest BCUT2D eigenvalue weighted by Gasteiger charge is -2.34. The van der Waals surface area contributed by atoms with Gasteiger partial charge in [-0.1, -0.05) is 38.1 Å². The zero-order valence-corrected chi connectivity index (χ0v) is 20.6. The van der Waals surface area contributed by atoms with Crippen molar-refractivity contribution in [2.24, 2.45) is 5.92 Å². The molecular formula is C26H34N2O4S. The minimum atomic E-state index is -3.57. The van der Waals surface area contributed by atoms with Gasteiger partial charge in [0.25, 0.3) is 0 Å². The minimum Gasteiger partial charge on any atom is -0.497 e. The molecule has 4 rings (SSSR count). The Kier molecular flexibility index (Phi) is 7.10. The molecule has 0 bridgehead atoms. The van der Waals surface area contributed by atoms with Crippen molar-refractivity contribution in [3.05, 3.63) is 59.7 Å². The van der Waals surface area contributed by atoms with E-state index in [1.54, 1.807) is 31.4 Å². The van der Waals surface area contributed by atoms with Crippen LogP contribution in [0.4, 0.5) is 0 Å². The largest absolute Gasteiger partial charge is 0.497 e. The van der Waals surface area contributed by atoms with E-state index in [0.29, 0.717) is 50.2 Å². The van der Waals surface area contributed by atoms with Crippen molar-refractivity contribution in [1.29, 1.82) is 0 Å². The quantitative estimate of drug-likeness (QED) is 0.573. The van der Waals surface area contributed by atoms with Crippen molar-refractivity contribution in [2.75, 3.05) is 20.2 Å². The Bertz CT molecular complexity index is 1050. The van der Waals surface area contributed by atoms with Crippen LogP contribution in [0.25, 0.3) is 0 Å². The number of rotatable bonds is 8. The third-order valence-electron chi connectivity index (χ3n) is 6.77. The van der Waals surface area contributed by atoms with Gasteiger partial charge in [0.15, 0.2) is 0 Å². The van der Waals surface area contributed by atoms with Gasteiger partial charge >= 0.3 is 0 Å². The number of nitrogens with zero attached hydrogens (tertiary/aromatic N) is 2. The van der Waals surface area contributed by atoms with Crippen molar-refractivity contribution in [3.8, 4) is 5.75 Å². The number of carbonyl (C=O) groups excluding carboxylic acids is 1. The fourth-order valence-corrected chi connectivity index (χ4v) is 5.92. The molecule has 0 N–H and O–H groups in total. The minimum absolute atomic E-state index is 0.122. The van der Waals surface area contributed by atoms with E-state index in [1.165, 1.54) is 9.87 Å². The molecule has 2 aromatic rings. The summed E-state index contributed by atoms with van der Waals surface area (Å²) in [6.07, 6.45) is 3.23. The van der Waals surface area contributed by atoms with Crippen LogP contribution in [0, 0.1) is 5.92 Å². The standard InChI is InChI=1S/C26H34N2O4S/c1-19(2)21-6-4-20(5-7-21)18-28(23-8-9-23)26(29)22-14-16-27(17-15-22)33(30,31)25-12-10-24(32-3)11-13-25/h4-7,10-13,19,22-23H,8-9,14-18H2,1-3H3. The second-order valence-corrected chi connectivity index (χ2v) is 11.4. The molecule has 178 valence electrons. The molecule has 0 radical (unpaired) electrons. The van der Waals surface area contributed by atoms with Crippen LogP contribution in [0.1, 0.15) is 56.6 Å². The molecular weight excluding hydrogens is 436 g/mol. The van der Waals surface area contributed by atoms with Crippen LogP contribution in [0.3, 0.4) is 0 Å². The fraction of sp³-hybridized carbons (Fsp3) is 0.500. The Morgan fingerprint density at radius 2 is 1.61 bits per heavy atom. The zero-order valence-electron chi connectivity index (χ0n) is 19.7. The van der Waals surface area contributed by atoms with E-state index in [4.69, 9.17) is 4.74 Å². The number of ether oxygens (including phenoxy) is 1. The monoisotopic (exact) mass is 470 g/mol. The van der Waals surface area contributed by atoms with E-state index < -0.39 is 10.0 Å². The molecule has 6 nitrogen and oxygen atoms in total. The normalized spacial score (nSPS) is 17.8. The third kappa shape index (κ3) is 5.41. The molecule has 33 heavy (non-hydrogen) atoms. The van der Waals surface area contributed by atoms with Gasteiger partial charge < -0.3 is 9.64 Å². The van der Waals surface area contributed by atoms with Gasteiger partial charge in [0.1, 0.15) is 5.75 Å². The molecule has 0 spiro atoms. The summed E-state index contributed by atoms with van der Waals surface area (Å²) in [6, 6.07) is 15.3. The number of piperidine rings is 1. The fourth-order valence-electron chi connectivity index (χ4n) is 4.45. The molecule has 1 saturated carbocycles. The Morgan fingerprint density at radius 1 is 1.00 bits per heavy atom. The first-order valence-corrected chi connectivity index (χ1v) is 13.3. The molecule has 1 heterocycles. The summed E-state index contributed by atoms with van der Waals surface area (Å²) in [4.78, 5) is 15.7. The highest BCUT2D eigenvalue weighted by molar-refractivity contribution is 7.89. The summed E-state index contributed by atoms with van der Waals surface area (Å²) in [6.45, 7) is 5.72. The number of sulfonamides is 1. The maximum Gasteiger partial charge on any atom is 0.243 e. The number of methoxy groups -OCH3 is 1. The van der Waals surface area contributed by atoms with E-state index in [-0.39, 0.29) is 16.7 Å². The molecule has 1 amide bonds. The van der Waals surface area contributed by atoms with Gasteiger partial charge in [0.05, 0.1) is 12.0 Å². The number of benzene rings is 2. The lowest BCUT2D eigenvalue weighted by Crippen LogP contribution is -2.44. The molecule has 0 aromatic heterocycles. The zero-order chi connectivity index (χ0) is 23.6. The molecule has 1 saturated heterocycles. The summed E-state index contributed by atoms with van der Waals surface area (Å²) in [7, 11) is -2.01. The average Bonchev–Trinajstić information content (AvgIpc) is 3.68. The molecule has 7 heteroatoms. The summed E-state index contributed by atoms with van der Waals surface area (Å²) in [5, 5.41) is 0. The molecule has 0 atom stereocenters. The number of hydrogen-bond donors (Lipinski definition) is 0. The maximum atomic E-state index is 13.4. The van der Waals surface area contributed by atoms with E-state index in [2.05, 4.69) is 38.1 Å². The lowest BCUT2D eigenvalue weighted by atomic mass is 9.96. The molecule has 0 unspecified atom stereocenters. The molecule has 1 aliphatic heterocycles. The van der Waals surface area contributed by atoms with Gasteiger partial charge in [-0.25, -0.2) is 8.42 Å².